The van der Waals surface area contributed by atoms with Gasteiger partial charge in [-0.05, 0) is 25.3 Å². The summed E-state index contributed by atoms with van der Waals surface area (Å²) < 4.78 is 10.2. The van der Waals surface area contributed by atoms with Crippen molar-refractivity contribution >= 4 is 5.97 Å². The van der Waals surface area contributed by atoms with Crippen LogP contribution >= 0.6 is 0 Å². The first-order valence-electron chi connectivity index (χ1n) is 5.73. The average Bonchev–Trinajstić information content (AvgIpc) is 2.96. The van der Waals surface area contributed by atoms with E-state index in [1.165, 1.54) is 6.07 Å². The molecule has 0 radical (unpaired) electrons. The molecule has 17 heavy (non-hydrogen) atoms. The van der Waals surface area contributed by atoms with Gasteiger partial charge in [0.1, 0.15) is 0 Å². The third-order valence-electron chi connectivity index (χ3n) is 2.83. The number of ether oxygens (including phenoxy) is 1. The number of nitrogens with zero attached hydrogens (tertiary/aromatic N) is 1. The van der Waals surface area contributed by atoms with Crippen molar-refractivity contribution in [2.75, 3.05) is 19.8 Å². The Bertz CT molecular complexity index is 371. The highest BCUT2D eigenvalue weighted by molar-refractivity contribution is 5.85. The van der Waals surface area contributed by atoms with Gasteiger partial charge in [0.05, 0.1) is 6.54 Å². The van der Waals surface area contributed by atoms with Crippen molar-refractivity contribution in [2.45, 2.75) is 19.4 Å². The number of nitrogens with one attached hydrogen (secondary N) is 1. The van der Waals surface area contributed by atoms with Gasteiger partial charge in [-0.25, -0.2) is 4.79 Å². The molecule has 1 atom stereocenters. The van der Waals surface area contributed by atoms with Gasteiger partial charge in [-0.2, -0.15) is 0 Å². The molecule has 0 aromatic carbocycles. The lowest BCUT2D eigenvalue weighted by molar-refractivity contribution is 0.0685. The molecule has 2 rings (SSSR count). The molecule has 1 aromatic heterocycles. The molecule has 94 valence electrons. The van der Waals surface area contributed by atoms with Crippen molar-refractivity contribution in [1.82, 2.24) is 10.5 Å². The van der Waals surface area contributed by atoms with Crippen molar-refractivity contribution in [1.29, 1.82) is 0 Å². The van der Waals surface area contributed by atoms with E-state index < -0.39 is 5.97 Å². The molecule has 2 heterocycles. The lowest BCUT2D eigenvalue weighted by Crippen LogP contribution is -2.17. The number of carboxylic acid groups (broad SMARTS) is 1. The van der Waals surface area contributed by atoms with Gasteiger partial charge in [0.15, 0.2) is 11.5 Å². The zero-order valence-electron chi connectivity index (χ0n) is 9.52. The van der Waals surface area contributed by atoms with Crippen LogP contribution in [-0.2, 0) is 11.3 Å². The summed E-state index contributed by atoms with van der Waals surface area (Å²) in [5.41, 5.74) is -0.0500. The molecule has 1 aromatic rings. The van der Waals surface area contributed by atoms with Crippen LogP contribution in [0.15, 0.2) is 10.6 Å². The first-order chi connectivity index (χ1) is 8.25. The molecule has 2 N–H and O–H groups in total. The molecule has 0 saturated carbocycles. The van der Waals surface area contributed by atoms with Gasteiger partial charge in [0.2, 0.25) is 0 Å². The molecule has 0 bridgehead atoms. The fourth-order valence-electron chi connectivity index (χ4n) is 1.83. The third-order valence-corrected chi connectivity index (χ3v) is 2.83. The van der Waals surface area contributed by atoms with Gasteiger partial charge < -0.3 is 19.7 Å². The van der Waals surface area contributed by atoms with Crippen molar-refractivity contribution in [3.05, 3.63) is 17.5 Å². The quantitative estimate of drug-likeness (QED) is 0.718. The molecule has 1 aliphatic rings. The van der Waals surface area contributed by atoms with Crippen molar-refractivity contribution in [3.63, 3.8) is 0 Å². The van der Waals surface area contributed by atoms with Crippen LogP contribution in [0.4, 0.5) is 0 Å². The molecule has 0 spiro atoms. The third kappa shape index (κ3) is 3.54. The number of rotatable bonds is 6. The zero-order valence-corrected chi connectivity index (χ0v) is 9.52. The van der Waals surface area contributed by atoms with Gasteiger partial charge in [-0.3, -0.25) is 0 Å². The maximum absolute atomic E-state index is 10.6. The van der Waals surface area contributed by atoms with Gasteiger partial charge >= 0.3 is 5.97 Å². The van der Waals surface area contributed by atoms with Crippen LogP contribution < -0.4 is 5.32 Å². The highest BCUT2D eigenvalue weighted by Crippen LogP contribution is 2.15. The minimum Gasteiger partial charge on any atom is -0.476 e. The number of carbonyl (C=O) groups is 1. The van der Waals surface area contributed by atoms with E-state index in [0.717, 1.165) is 32.6 Å². The predicted molar refractivity (Wildman–Crippen MR) is 58.7 cm³/mol. The predicted octanol–water partition coefficient (Wildman–Crippen LogP) is 0.889. The Hall–Kier alpha value is -1.40. The Kier molecular flexibility index (Phi) is 4.11. The highest BCUT2D eigenvalue weighted by atomic mass is 16.5. The minimum atomic E-state index is -1.07. The number of hydrogen-bond acceptors (Lipinski definition) is 5. The van der Waals surface area contributed by atoms with Crippen molar-refractivity contribution in [2.24, 2.45) is 5.92 Å². The summed E-state index contributed by atoms with van der Waals surface area (Å²) in [4.78, 5) is 10.6. The van der Waals surface area contributed by atoms with Crippen LogP contribution in [0.2, 0.25) is 0 Å². The number of hydrogen-bond donors (Lipinski definition) is 2. The van der Waals surface area contributed by atoms with E-state index in [1.807, 2.05) is 0 Å². The van der Waals surface area contributed by atoms with E-state index in [0.29, 0.717) is 18.2 Å². The number of aromatic nitrogens is 1. The molecule has 6 heteroatoms. The van der Waals surface area contributed by atoms with Crippen molar-refractivity contribution in [3.8, 4) is 0 Å². The first-order valence-corrected chi connectivity index (χ1v) is 5.73. The normalized spacial score (nSPS) is 19.6. The van der Waals surface area contributed by atoms with Gasteiger partial charge in [0, 0.05) is 19.3 Å². The van der Waals surface area contributed by atoms with Crippen molar-refractivity contribution < 1.29 is 19.2 Å². The second kappa shape index (κ2) is 5.79. The van der Waals surface area contributed by atoms with E-state index in [2.05, 4.69) is 10.5 Å². The van der Waals surface area contributed by atoms with E-state index in [9.17, 15) is 4.79 Å². The summed E-state index contributed by atoms with van der Waals surface area (Å²) in [6.07, 6.45) is 2.20. The molecule has 6 nitrogen and oxygen atoms in total. The number of aromatic carboxylic acids is 1. The summed E-state index contributed by atoms with van der Waals surface area (Å²) in [5.74, 6) is 0.125. The lowest BCUT2D eigenvalue weighted by atomic mass is 10.1. The summed E-state index contributed by atoms with van der Waals surface area (Å²) in [6, 6.07) is 1.44. The Balaban J connectivity index is 1.65. The van der Waals surface area contributed by atoms with Gasteiger partial charge in [-0.15, -0.1) is 0 Å². The fourth-order valence-corrected chi connectivity index (χ4v) is 1.83. The Labute approximate surface area is 98.9 Å². The first kappa shape index (κ1) is 12.1. The molecule has 0 amide bonds. The number of carboxylic acids is 1. The van der Waals surface area contributed by atoms with Crippen LogP contribution in [0.1, 0.15) is 29.1 Å². The Morgan fingerprint density at radius 2 is 2.53 bits per heavy atom. The molecule has 1 fully saturated rings. The van der Waals surface area contributed by atoms with E-state index in [4.69, 9.17) is 14.4 Å². The molecule has 1 unspecified atom stereocenters. The standard InChI is InChI=1S/C11H16N2O4/c14-11(15)10-5-9(17-13-10)6-12-3-1-8-2-4-16-7-8/h5,8,12H,1-4,6-7H2,(H,14,15). The topological polar surface area (TPSA) is 84.6 Å². The smallest absolute Gasteiger partial charge is 0.358 e. The largest absolute Gasteiger partial charge is 0.476 e. The van der Waals surface area contributed by atoms with Gasteiger partial charge in [0.25, 0.3) is 0 Å². The second-order valence-corrected chi connectivity index (χ2v) is 4.18. The monoisotopic (exact) mass is 240 g/mol. The molecule has 1 aliphatic heterocycles. The van der Waals surface area contributed by atoms with E-state index in [1.54, 1.807) is 0 Å². The highest BCUT2D eigenvalue weighted by Gasteiger charge is 2.15. The Morgan fingerprint density at radius 3 is 3.18 bits per heavy atom. The fraction of sp³-hybridized carbons (Fsp3) is 0.636. The SMILES string of the molecule is O=C(O)c1cc(CNCCC2CCOC2)on1. The maximum Gasteiger partial charge on any atom is 0.358 e. The summed E-state index contributed by atoms with van der Waals surface area (Å²) in [7, 11) is 0. The molecular formula is C11H16N2O4. The van der Waals surface area contributed by atoms with Crippen LogP contribution in [-0.4, -0.2) is 36.0 Å². The van der Waals surface area contributed by atoms with E-state index >= 15 is 0 Å². The second-order valence-electron chi connectivity index (χ2n) is 4.18. The zero-order chi connectivity index (χ0) is 12.1. The summed E-state index contributed by atoms with van der Waals surface area (Å²) in [5, 5.41) is 15.3. The molecular weight excluding hydrogens is 224 g/mol. The van der Waals surface area contributed by atoms with Gasteiger partial charge in [-0.1, -0.05) is 5.16 Å². The average molecular weight is 240 g/mol. The van der Waals surface area contributed by atoms with Crippen LogP contribution in [0.5, 0.6) is 0 Å². The molecule has 1 saturated heterocycles. The summed E-state index contributed by atoms with van der Waals surface area (Å²) in [6.45, 7) is 3.10. The van der Waals surface area contributed by atoms with Crippen LogP contribution in [0.25, 0.3) is 0 Å². The van der Waals surface area contributed by atoms with Crippen LogP contribution in [0, 0.1) is 5.92 Å². The summed E-state index contributed by atoms with van der Waals surface area (Å²) >= 11 is 0. The maximum atomic E-state index is 10.6. The van der Waals surface area contributed by atoms with E-state index in [-0.39, 0.29) is 5.69 Å². The van der Waals surface area contributed by atoms with Crippen LogP contribution in [0.3, 0.4) is 0 Å². The Morgan fingerprint density at radius 1 is 1.65 bits per heavy atom. The minimum absolute atomic E-state index is 0.0500. The lowest BCUT2D eigenvalue weighted by Gasteiger charge is -2.06. The molecule has 0 aliphatic carbocycles.